The molecule has 0 bridgehead atoms. The fourth-order valence-corrected chi connectivity index (χ4v) is 4.63. The lowest BCUT2D eigenvalue weighted by molar-refractivity contribution is 0.198. The van der Waals surface area contributed by atoms with Gasteiger partial charge in [-0.15, -0.1) is 0 Å². The Morgan fingerprint density at radius 2 is 2.03 bits per heavy atom. The molecule has 1 unspecified atom stereocenters. The molecule has 2 aromatic carbocycles. The molecule has 1 aliphatic heterocycles. The third-order valence-corrected chi connectivity index (χ3v) is 6.43. The molecule has 0 saturated carbocycles. The molecular weight excluding hydrogens is 425 g/mol. The Balaban J connectivity index is 1.65. The van der Waals surface area contributed by atoms with Gasteiger partial charge in [-0.2, -0.15) is 0 Å². The van der Waals surface area contributed by atoms with E-state index in [1.165, 1.54) is 17.7 Å². The maximum Gasteiger partial charge on any atom is 0.128 e. The molecule has 176 valence electrons. The maximum absolute atomic E-state index is 13.6. The number of nitrogens with zero attached hydrogens (tertiary/aromatic N) is 4. The van der Waals surface area contributed by atoms with Gasteiger partial charge in [-0.3, -0.25) is 4.99 Å². The number of halogens is 1. The Kier molecular flexibility index (Phi) is 6.80. The normalized spacial score (nSPS) is 19.3. The minimum Gasteiger partial charge on any atom is -0.319 e. The topological polar surface area (TPSA) is 45.5 Å². The molecule has 1 aliphatic rings. The Morgan fingerprint density at radius 1 is 1.26 bits per heavy atom. The number of piperazine rings is 1. The van der Waals surface area contributed by atoms with Gasteiger partial charge in [-0.05, 0) is 67.3 Å². The molecule has 1 aromatic heterocycles. The molecular formula is C28H32FN5. The second-order valence-electron chi connectivity index (χ2n) is 8.87. The smallest absolute Gasteiger partial charge is 0.128 e. The van der Waals surface area contributed by atoms with Gasteiger partial charge in [0, 0.05) is 37.7 Å². The zero-order valence-electron chi connectivity index (χ0n) is 20.3. The Labute approximate surface area is 201 Å². The first kappa shape index (κ1) is 23.6. The zero-order chi connectivity index (χ0) is 24.3. The molecule has 5 nitrogen and oxygen atoms in total. The Morgan fingerprint density at radius 3 is 2.68 bits per heavy atom. The summed E-state index contributed by atoms with van der Waals surface area (Å²) in [6, 6.07) is 13.1. The third-order valence-electron chi connectivity index (χ3n) is 6.43. The summed E-state index contributed by atoms with van der Waals surface area (Å²) in [5, 5.41) is 3.44. The van der Waals surface area contributed by atoms with Crippen LogP contribution in [0.15, 0.2) is 78.3 Å². The van der Waals surface area contributed by atoms with Crippen LogP contribution in [0.3, 0.4) is 0 Å². The highest BCUT2D eigenvalue weighted by Crippen LogP contribution is 2.34. The number of hydrogen-bond acceptors (Lipinski definition) is 3. The van der Waals surface area contributed by atoms with Crippen LogP contribution in [0.2, 0.25) is 0 Å². The highest BCUT2D eigenvalue weighted by atomic mass is 19.1. The van der Waals surface area contributed by atoms with E-state index in [4.69, 9.17) is 0 Å². The van der Waals surface area contributed by atoms with Crippen molar-refractivity contribution in [1.29, 1.82) is 0 Å². The number of aryl methyl sites for hydroxylation is 2. The lowest BCUT2D eigenvalue weighted by atomic mass is 9.87. The van der Waals surface area contributed by atoms with Crippen molar-refractivity contribution in [2.45, 2.75) is 32.7 Å². The lowest BCUT2D eigenvalue weighted by Gasteiger charge is -2.47. The SMILES string of the molecule is C=C1CNCC(C)(c2ccc(F)cc2)N1C(/C=C/c1ccc(-n2cnc(C)c2)c(CC)c1)=NC. The molecule has 3 aromatic rings. The standard InChI is InChI=1S/C28H32FN5/c1-6-23-15-22(7-13-26(23)33-17-20(2)32-19-33)8-14-27(30-5)34-21(3)16-31-18-28(34,4)24-9-11-25(29)12-10-24/h7-15,17,19,31H,3,6,16,18H2,1-2,4-5H3/b14-8+,30-27?. The van der Waals surface area contributed by atoms with Gasteiger partial charge in [0.1, 0.15) is 11.7 Å². The van der Waals surface area contributed by atoms with E-state index in [0.717, 1.165) is 40.5 Å². The number of amidine groups is 1. The first-order valence-corrected chi connectivity index (χ1v) is 11.6. The summed E-state index contributed by atoms with van der Waals surface area (Å²) in [5.74, 6) is 0.567. The van der Waals surface area contributed by atoms with Crippen LogP contribution in [0.25, 0.3) is 11.8 Å². The minimum absolute atomic E-state index is 0.244. The molecule has 4 rings (SSSR count). The molecule has 1 saturated heterocycles. The van der Waals surface area contributed by atoms with Gasteiger partial charge >= 0.3 is 0 Å². The van der Waals surface area contributed by atoms with E-state index in [1.807, 2.05) is 37.7 Å². The van der Waals surface area contributed by atoms with E-state index in [9.17, 15) is 4.39 Å². The van der Waals surface area contributed by atoms with E-state index in [0.29, 0.717) is 13.1 Å². The first-order chi connectivity index (χ1) is 16.4. The van der Waals surface area contributed by atoms with Gasteiger partial charge < -0.3 is 14.8 Å². The molecule has 0 aliphatic carbocycles. The summed E-state index contributed by atoms with van der Waals surface area (Å²) in [7, 11) is 1.79. The van der Waals surface area contributed by atoms with Crippen molar-refractivity contribution in [3.8, 4) is 5.69 Å². The zero-order valence-corrected chi connectivity index (χ0v) is 20.3. The average Bonchev–Trinajstić information content (AvgIpc) is 3.27. The van der Waals surface area contributed by atoms with Crippen molar-refractivity contribution in [1.82, 2.24) is 19.8 Å². The summed E-state index contributed by atoms with van der Waals surface area (Å²) >= 11 is 0. The van der Waals surface area contributed by atoms with Gasteiger partial charge in [-0.25, -0.2) is 9.37 Å². The number of aromatic nitrogens is 2. The van der Waals surface area contributed by atoms with E-state index < -0.39 is 5.54 Å². The fraction of sp³-hybridized carbons (Fsp3) is 0.286. The van der Waals surface area contributed by atoms with Crippen LogP contribution in [-0.2, 0) is 12.0 Å². The third kappa shape index (κ3) is 4.59. The molecule has 6 heteroatoms. The van der Waals surface area contributed by atoms with Crippen LogP contribution in [-0.4, -0.2) is 40.4 Å². The van der Waals surface area contributed by atoms with Crippen LogP contribution in [0.4, 0.5) is 4.39 Å². The molecule has 1 fully saturated rings. The van der Waals surface area contributed by atoms with Crippen molar-refractivity contribution in [2.75, 3.05) is 20.1 Å². The molecule has 1 N–H and O–H groups in total. The first-order valence-electron chi connectivity index (χ1n) is 11.6. The van der Waals surface area contributed by atoms with Crippen LogP contribution in [0.1, 0.15) is 36.2 Å². The van der Waals surface area contributed by atoms with Crippen molar-refractivity contribution in [3.63, 3.8) is 0 Å². The van der Waals surface area contributed by atoms with Crippen molar-refractivity contribution >= 4 is 11.9 Å². The number of hydrogen-bond donors (Lipinski definition) is 1. The molecule has 1 atom stereocenters. The number of imidazole rings is 1. The number of aliphatic imine (C=N–C) groups is 1. The monoisotopic (exact) mass is 457 g/mol. The maximum atomic E-state index is 13.6. The van der Waals surface area contributed by atoms with Crippen molar-refractivity contribution < 1.29 is 4.39 Å². The summed E-state index contributed by atoms with van der Waals surface area (Å²) in [5.41, 5.74) is 5.97. The van der Waals surface area contributed by atoms with Crippen LogP contribution in [0.5, 0.6) is 0 Å². The highest BCUT2D eigenvalue weighted by molar-refractivity contribution is 5.98. The van der Waals surface area contributed by atoms with Crippen molar-refractivity contribution in [3.05, 3.63) is 102 Å². The number of rotatable bonds is 5. The number of nitrogens with one attached hydrogen (secondary N) is 1. The second-order valence-corrected chi connectivity index (χ2v) is 8.87. The quantitative estimate of drug-likeness (QED) is 0.420. The minimum atomic E-state index is -0.445. The molecule has 2 heterocycles. The number of benzene rings is 2. The largest absolute Gasteiger partial charge is 0.319 e. The summed E-state index contributed by atoms with van der Waals surface area (Å²) in [6.07, 6.45) is 8.94. The molecule has 0 amide bonds. The second kappa shape index (κ2) is 9.77. The van der Waals surface area contributed by atoms with Gasteiger partial charge in [0.2, 0.25) is 0 Å². The fourth-order valence-electron chi connectivity index (χ4n) is 4.63. The van der Waals surface area contributed by atoms with E-state index in [2.05, 4.69) is 69.5 Å². The molecule has 34 heavy (non-hydrogen) atoms. The van der Waals surface area contributed by atoms with Gasteiger partial charge in [0.15, 0.2) is 0 Å². The average molecular weight is 458 g/mol. The van der Waals surface area contributed by atoms with Crippen LogP contribution < -0.4 is 5.32 Å². The van der Waals surface area contributed by atoms with Gasteiger partial charge in [0.05, 0.1) is 17.6 Å². The van der Waals surface area contributed by atoms with Gasteiger partial charge in [-0.1, -0.05) is 37.8 Å². The van der Waals surface area contributed by atoms with Gasteiger partial charge in [0.25, 0.3) is 0 Å². The van der Waals surface area contributed by atoms with Crippen LogP contribution in [0, 0.1) is 12.7 Å². The summed E-state index contributed by atoms with van der Waals surface area (Å²) in [4.78, 5) is 11.1. The predicted molar refractivity (Wildman–Crippen MR) is 138 cm³/mol. The van der Waals surface area contributed by atoms with E-state index >= 15 is 0 Å². The summed E-state index contributed by atoms with van der Waals surface area (Å²) < 4.78 is 15.7. The molecule has 0 radical (unpaired) electrons. The predicted octanol–water partition coefficient (Wildman–Crippen LogP) is 5.26. The van der Waals surface area contributed by atoms with E-state index in [-0.39, 0.29) is 5.82 Å². The highest BCUT2D eigenvalue weighted by Gasteiger charge is 2.39. The van der Waals surface area contributed by atoms with Crippen LogP contribution >= 0.6 is 0 Å². The molecule has 0 spiro atoms. The Bertz CT molecular complexity index is 1240. The van der Waals surface area contributed by atoms with E-state index in [1.54, 1.807) is 7.05 Å². The Hall–Kier alpha value is -3.51. The summed E-state index contributed by atoms with van der Waals surface area (Å²) in [6.45, 7) is 12.0. The van der Waals surface area contributed by atoms with Crippen molar-refractivity contribution in [2.24, 2.45) is 4.99 Å². The lowest BCUT2D eigenvalue weighted by Crippen LogP contribution is -2.57.